The number of hydrogen-bond acceptors (Lipinski definition) is 1. The third-order valence-corrected chi connectivity index (χ3v) is 3.16. The van der Waals surface area contributed by atoms with E-state index < -0.39 is 8.07 Å². The summed E-state index contributed by atoms with van der Waals surface area (Å²) in [5, 5.41) is 0. The van der Waals surface area contributed by atoms with Crippen LogP contribution in [0.5, 0.6) is 0 Å². The molecule has 2 heterocycles. The van der Waals surface area contributed by atoms with Gasteiger partial charge in [-0.3, -0.25) is 0 Å². The molecule has 1 aromatic heterocycles. The van der Waals surface area contributed by atoms with Crippen molar-refractivity contribution in [1.29, 1.82) is 0 Å². The second-order valence-electron chi connectivity index (χ2n) is 4.81. The maximum atomic E-state index is 4.37. The van der Waals surface area contributed by atoms with Crippen molar-refractivity contribution in [1.82, 2.24) is 9.55 Å². The van der Waals surface area contributed by atoms with Crippen LogP contribution in [0.4, 0.5) is 0 Å². The van der Waals surface area contributed by atoms with Gasteiger partial charge in [-0.2, -0.15) is 0 Å². The number of aromatic nitrogens is 2. The molecule has 0 aliphatic carbocycles. The fourth-order valence-electron chi connectivity index (χ4n) is 1.61. The first-order chi connectivity index (χ1) is 6.56. The van der Waals surface area contributed by atoms with Crippen molar-refractivity contribution in [3.8, 4) is 11.5 Å². The average Bonchev–Trinajstić information content (AvgIpc) is 2.59. The van der Waals surface area contributed by atoms with E-state index in [1.165, 1.54) is 12.2 Å². The Labute approximate surface area is 86.4 Å². The molecular weight excluding hydrogens is 188 g/mol. The molecule has 0 amide bonds. The van der Waals surface area contributed by atoms with Crippen LogP contribution in [-0.2, 0) is 13.0 Å². The van der Waals surface area contributed by atoms with Crippen molar-refractivity contribution < 1.29 is 0 Å². The van der Waals surface area contributed by atoms with Crippen LogP contribution in [0.2, 0.25) is 19.6 Å². The molecular formula is C11H16N2Si. The molecule has 2 rings (SSSR count). The fourth-order valence-corrected chi connectivity index (χ4v) is 2.11. The van der Waals surface area contributed by atoms with Crippen LogP contribution in [0.25, 0.3) is 0 Å². The van der Waals surface area contributed by atoms with Gasteiger partial charge in [-0.15, -0.1) is 5.54 Å². The predicted molar refractivity (Wildman–Crippen MR) is 60.8 cm³/mol. The second kappa shape index (κ2) is 3.29. The molecule has 0 bridgehead atoms. The van der Waals surface area contributed by atoms with Crippen molar-refractivity contribution in [2.75, 3.05) is 0 Å². The monoisotopic (exact) mass is 204 g/mol. The number of aryl methyl sites for hydroxylation is 1. The van der Waals surface area contributed by atoms with Gasteiger partial charge in [0.25, 0.3) is 0 Å². The van der Waals surface area contributed by atoms with Gasteiger partial charge < -0.3 is 4.57 Å². The van der Waals surface area contributed by atoms with E-state index in [0.29, 0.717) is 0 Å². The van der Waals surface area contributed by atoms with Crippen molar-refractivity contribution in [3.63, 3.8) is 0 Å². The van der Waals surface area contributed by atoms with Crippen LogP contribution < -0.4 is 0 Å². The third-order valence-electron chi connectivity index (χ3n) is 2.29. The van der Waals surface area contributed by atoms with Gasteiger partial charge in [0.2, 0.25) is 0 Å². The van der Waals surface area contributed by atoms with Gasteiger partial charge in [0.15, 0.2) is 0 Å². The van der Waals surface area contributed by atoms with Crippen LogP contribution in [-0.4, -0.2) is 17.6 Å². The molecule has 14 heavy (non-hydrogen) atoms. The van der Waals surface area contributed by atoms with Gasteiger partial charge in [0.05, 0.1) is 6.20 Å². The Morgan fingerprint density at radius 3 is 2.93 bits per heavy atom. The normalized spacial score (nSPS) is 14.8. The maximum absolute atomic E-state index is 4.37. The van der Waals surface area contributed by atoms with Gasteiger partial charge in [-0.05, 0) is 6.42 Å². The van der Waals surface area contributed by atoms with E-state index in [4.69, 9.17) is 0 Å². The zero-order chi connectivity index (χ0) is 10.2. The third kappa shape index (κ3) is 1.90. The number of rotatable bonds is 0. The molecule has 0 atom stereocenters. The molecule has 1 aromatic rings. The fraction of sp³-hybridized carbons (Fsp3) is 0.545. The summed E-state index contributed by atoms with van der Waals surface area (Å²) in [4.78, 5) is 4.37. The first-order valence-electron chi connectivity index (χ1n) is 5.14. The Morgan fingerprint density at radius 1 is 1.43 bits per heavy atom. The largest absolute Gasteiger partial charge is 0.322 e. The van der Waals surface area contributed by atoms with E-state index in [9.17, 15) is 0 Å². The van der Waals surface area contributed by atoms with E-state index >= 15 is 0 Å². The Morgan fingerprint density at radius 2 is 2.21 bits per heavy atom. The van der Waals surface area contributed by atoms with Crippen LogP contribution in [0.15, 0.2) is 6.20 Å². The van der Waals surface area contributed by atoms with Gasteiger partial charge >= 0.3 is 0 Å². The molecule has 74 valence electrons. The van der Waals surface area contributed by atoms with Gasteiger partial charge in [0, 0.05) is 13.0 Å². The predicted octanol–water partition coefficient (Wildman–Crippen LogP) is 2.06. The van der Waals surface area contributed by atoms with E-state index in [2.05, 4.69) is 40.7 Å². The van der Waals surface area contributed by atoms with Crippen molar-refractivity contribution in [3.05, 3.63) is 17.7 Å². The van der Waals surface area contributed by atoms with E-state index in [-0.39, 0.29) is 0 Å². The lowest BCUT2D eigenvalue weighted by atomic mass is 10.4. The summed E-state index contributed by atoms with van der Waals surface area (Å²) in [6.45, 7) is 7.90. The van der Waals surface area contributed by atoms with E-state index in [1.54, 1.807) is 0 Å². The highest BCUT2D eigenvalue weighted by Crippen LogP contribution is 2.15. The first kappa shape index (κ1) is 9.54. The molecule has 3 heteroatoms. The number of hydrogen-bond donors (Lipinski definition) is 0. The van der Waals surface area contributed by atoms with Crippen LogP contribution >= 0.6 is 0 Å². The molecule has 0 fully saturated rings. The summed E-state index contributed by atoms with van der Waals surface area (Å²) in [6.07, 6.45) is 4.26. The Kier molecular flexibility index (Phi) is 2.24. The molecule has 0 spiro atoms. The minimum absolute atomic E-state index is 1.10. The first-order valence-corrected chi connectivity index (χ1v) is 8.64. The topological polar surface area (TPSA) is 17.8 Å². The van der Waals surface area contributed by atoms with Gasteiger partial charge in [-0.25, -0.2) is 4.98 Å². The lowest BCUT2D eigenvalue weighted by Crippen LogP contribution is -2.16. The Balaban J connectivity index is 2.29. The molecule has 0 saturated carbocycles. The van der Waals surface area contributed by atoms with E-state index in [1.807, 2.05) is 6.20 Å². The van der Waals surface area contributed by atoms with Gasteiger partial charge in [0.1, 0.15) is 19.6 Å². The van der Waals surface area contributed by atoms with Crippen molar-refractivity contribution >= 4 is 8.07 Å². The van der Waals surface area contributed by atoms with Crippen LogP contribution in [0.3, 0.4) is 0 Å². The lowest BCUT2D eigenvalue weighted by Gasteiger charge is -2.03. The zero-order valence-corrected chi connectivity index (χ0v) is 10.1. The highest BCUT2D eigenvalue weighted by Gasteiger charge is 2.14. The average molecular weight is 204 g/mol. The summed E-state index contributed by atoms with van der Waals surface area (Å²) in [7, 11) is -1.25. The minimum Gasteiger partial charge on any atom is -0.322 e. The van der Waals surface area contributed by atoms with Crippen LogP contribution in [0.1, 0.15) is 17.9 Å². The molecule has 0 saturated heterocycles. The summed E-state index contributed by atoms with van der Waals surface area (Å²) >= 11 is 0. The highest BCUT2D eigenvalue weighted by molar-refractivity contribution is 6.83. The summed E-state index contributed by atoms with van der Waals surface area (Å²) in [5.41, 5.74) is 4.49. The quantitative estimate of drug-likeness (QED) is 0.467. The van der Waals surface area contributed by atoms with Crippen LogP contribution in [0, 0.1) is 11.5 Å². The summed E-state index contributed by atoms with van der Waals surface area (Å²) < 4.78 is 2.26. The molecule has 2 nitrogen and oxygen atoms in total. The molecule has 0 aromatic carbocycles. The molecule has 1 aliphatic rings. The molecule has 1 aliphatic heterocycles. The molecule has 0 N–H and O–H groups in total. The summed E-state index contributed by atoms with van der Waals surface area (Å²) in [5.74, 6) is 4.49. The zero-order valence-electron chi connectivity index (χ0n) is 9.09. The standard InChI is InChI=1S/C11H16N2Si/c1-14(2,3)8-6-10-9-12-11-5-4-7-13(10)11/h9H,4-5,7H2,1-3H3. The highest BCUT2D eigenvalue weighted by atomic mass is 28.3. The number of fused-ring (bicyclic) bond motifs is 1. The van der Waals surface area contributed by atoms with Crippen molar-refractivity contribution in [2.45, 2.75) is 39.0 Å². The Bertz CT molecular complexity index is 401. The van der Waals surface area contributed by atoms with Crippen molar-refractivity contribution in [2.24, 2.45) is 0 Å². The number of nitrogens with zero attached hydrogens (tertiary/aromatic N) is 2. The molecule has 0 radical (unpaired) electrons. The molecule has 0 unspecified atom stereocenters. The Hall–Kier alpha value is -1.01. The van der Waals surface area contributed by atoms with E-state index in [0.717, 1.165) is 18.7 Å². The second-order valence-corrected chi connectivity index (χ2v) is 9.56. The number of imidazole rings is 1. The van der Waals surface area contributed by atoms with Gasteiger partial charge in [-0.1, -0.05) is 25.6 Å². The minimum atomic E-state index is -1.25. The summed E-state index contributed by atoms with van der Waals surface area (Å²) in [6, 6.07) is 0. The SMILES string of the molecule is C[Si](C)(C)C#Cc1cnc2n1CCC2. The lowest BCUT2D eigenvalue weighted by molar-refractivity contribution is 0.742. The maximum Gasteiger partial charge on any atom is 0.129 e. The smallest absolute Gasteiger partial charge is 0.129 e.